The van der Waals surface area contributed by atoms with Gasteiger partial charge in [0.15, 0.2) is 0 Å². The zero-order valence-corrected chi connectivity index (χ0v) is 10.3. The van der Waals surface area contributed by atoms with Crippen LogP contribution >= 0.6 is 0 Å². The molecule has 1 aliphatic carbocycles. The van der Waals surface area contributed by atoms with E-state index >= 15 is 0 Å². The summed E-state index contributed by atoms with van der Waals surface area (Å²) >= 11 is 0. The third-order valence-corrected chi connectivity index (χ3v) is 2.80. The van der Waals surface area contributed by atoms with Crippen LogP contribution in [0.3, 0.4) is 0 Å². The van der Waals surface area contributed by atoms with Gasteiger partial charge >= 0.3 is 12.0 Å². The van der Waals surface area contributed by atoms with E-state index in [1.165, 1.54) is 0 Å². The fourth-order valence-corrected chi connectivity index (χ4v) is 1.50. The molecule has 0 saturated heterocycles. The molecule has 2 N–H and O–H groups in total. The van der Waals surface area contributed by atoms with Crippen molar-refractivity contribution in [2.24, 2.45) is 5.41 Å². The standard InChI is InChI=1S/C11H20N2O3/c1-11(2,3)8(9(14)15)12-10(16)13(4)7-5-6-7/h7-8H,5-6H2,1-4H3,(H,12,16)(H,14,15). The van der Waals surface area contributed by atoms with E-state index in [4.69, 9.17) is 5.11 Å². The number of carbonyl (C=O) groups is 2. The molecule has 0 aromatic heterocycles. The zero-order chi connectivity index (χ0) is 12.5. The molecule has 92 valence electrons. The van der Waals surface area contributed by atoms with E-state index in [1.807, 2.05) is 0 Å². The van der Waals surface area contributed by atoms with Crippen molar-refractivity contribution < 1.29 is 14.7 Å². The Labute approximate surface area is 95.8 Å². The molecule has 1 atom stereocenters. The lowest BCUT2D eigenvalue weighted by molar-refractivity contribution is -0.142. The lowest BCUT2D eigenvalue weighted by Gasteiger charge is -2.29. The predicted octanol–water partition coefficient (Wildman–Crippen LogP) is 1.29. The van der Waals surface area contributed by atoms with E-state index in [0.29, 0.717) is 0 Å². The molecule has 2 amide bonds. The van der Waals surface area contributed by atoms with E-state index in [1.54, 1.807) is 32.7 Å². The average molecular weight is 228 g/mol. The normalized spacial score (nSPS) is 17.8. The highest BCUT2D eigenvalue weighted by Crippen LogP contribution is 2.26. The first-order valence-corrected chi connectivity index (χ1v) is 5.49. The first-order valence-electron chi connectivity index (χ1n) is 5.49. The summed E-state index contributed by atoms with van der Waals surface area (Å²) < 4.78 is 0. The van der Waals surface area contributed by atoms with Crippen LogP contribution in [0.5, 0.6) is 0 Å². The Kier molecular flexibility index (Phi) is 3.45. The summed E-state index contributed by atoms with van der Waals surface area (Å²) in [4.78, 5) is 24.4. The summed E-state index contributed by atoms with van der Waals surface area (Å²) in [6, 6.07) is -0.875. The van der Waals surface area contributed by atoms with Gasteiger partial charge in [0.05, 0.1) is 0 Å². The maximum atomic E-state index is 11.7. The molecule has 5 heteroatoms. The van der Waals surface area contributed by atoms with Crippen LogP contribution in [0.15, 0.2) is 0 Å². The van der Waals surface area contributed by atoms with Gasteiger partial charge in [-0.1, -0.05) is 20.8 Å². The lowest BCUT2D eigenvalue weighted by Crippen LogP contribution is -2.52. The Morgan fingerprint density at radius 2 is 1.88 bits per heavy atom. The highest BCUT2D eigenvalue weighted by Gasteiger charge is 2.36. The topological polar surface area (TPSA) is 69.6 Å². The maximum Gasteiger partial charge on any atom is 0.326 e. The van der Waals surface area contributed by atoms with Gasteiger partial charge in [0.25, 0.3) is 0 Å². The van der Waals surface area contributed by atoms with E-state index < -0.39 is 17.4 Å². The fourth-order valence-electron chi connectivity index (χ4n) is 1.50. The average Bonchev–Trinajstić information content (AvgIpc) is 2.92. The van der Waals surface area contributed by atoms with Crippen molar-refractivity contribution in [2.45, 2.75) is 45.7 Å². The number of nitrogens with zero attached hydrogens (tertiary/aromatic N) is 1. The summed E-state index contributed by atoms with van der Waals surface area (Å²) in [5.41, 5.74) is -0.494. The Balaban J connectivity index is 2.61. The van der Waals surface area contributed by atoms with Gasteiger partial charge in [0, 0.05) is 13.1 Å². The first kappa shape index (κ1) is 12.8. The highest BCUT2D eigenvalue weighted by atomic mass is 16.4. The van der Waals surface area contributed by atoms with Crippen LogP contribution in [-0.4, -0.2) is 41.1 Å². The monoisotopic (exact) mass is 228 g/mol. The van der Waals surface area contributed by atoms with Crippen LogP contribution in [0.25, 0.3) is 0 Å². The minimum atomic E-state index is -0.995. The van der Waals surface area contributed by atoms with Crippen molar-refractivity contribution in [2.75, 3.05) is 7.05 Å². The van der Waals surface area contributed by atoms with E-state index in [-0.39, 0.29) is 12.1 Å². The molecule has 0 spiro atoms. The van der Waals surface area contributed by atoms with Gasteiger partial charge in [0.1, 0.15) is 6.04 Å². The van der Waals surface area contributed by atoms with Crippen molar-refractivity contribution in [3.8, 4) is 0 Å². The molecule has 1 saturated carbocycles. The third-order valence-electron chi connectivity index (χ3n) is 2.80. The molecule has 0 heterocycles. The second-order valence-corrected chi connectivity index (χ2v) is 5.43. The number of rotatable bonds is 3. The first-order chi connectivity index (χ1) is 7.23. The number of urea groups is 1. The Hall–Kier alpha value is -1.26. The number of carboxylic acids is 1. The number of carboxylic acid groups (broad SMARTS) is 1. The van der Waals surface area contributed by atoms with Crippen LogP contribution in [0.1, 0.15) is 33.6 Å². The highest BCUT2D eigenvalue weighted by molar-refractivity contribution is 5.83. The minimum Gasteiger partial charge on any atom is -0.480 e. The summed E-state index contributed by atoms with van der Waals surface area (Å²) in [5, 5.41) is 11.6. The number of hydrogen-bond acceptors (Lipinski definition) is 2. The smallest absolute Gasteiger partial charge is 0.326 e. The maximum absolute atomic E-state index is 11.7. The van der Waals surface area contributed by atoms with Gasteiger partial charge in [-0.05, 0) is 18.3 Å². The number of nitrogens with one attached hydrogen (secondary N) is 1. The van der Waals surface area contributed by atoms with Crippen molar-refractivity contribution in [3.63, 3.8) is 0 Å². The molecule has 0 aliphatic heterocycles. The lowest BCUT2D eigenvalue weighted by atomic mass is 9.87. The van der Waals surface area contributed by atoms with E-state index in [0.717, 1.165) is 12.8 Å². The molecule has 1 unspecified atom stereocenters. The number of hydrogen-bond donors (Lipinski definition) is 2. The molecular formula is C11H20N2O3. The minimum absolute atomic E-state index is 0.286. The SMILES string of the molecule is CN(C(=O)NC(C(=O)O)C(C)(C)C)C1CC1. The largest absolute Gasteiger partial charge is 0.480 e. The quantitative estimate of drug-likeness (QED) is 0.764. The number of carbonyl (C=O) groups excluding carboxylic acids is 1. The summed E-state index contributed by atoms with van der Waals surface area (Å²) in [5.74, 6) is -0.995. The van der Waals surface area contributed by atoms with E-state index in [9.17, 15) is 9.59 Å². The molecule has 16 heavy (non-hydrogen) atoms. The van der Waals surface area contributed by atoms with Gasteiger partial charge in [-0.2, -0.15) is 0 Å². The molecule has 1 fully saturated rings. The molecule has 0 aromatic carbocycles. The molecule has 0 radical (unpaired) electrons. The van der Waals surface area contributed by atoms with Crippen molar-refractivity contribution >= 4 is 12.0 Å². The van der Waals surface area contributed by atoms with Crippen molar-refractivity contribution in [1.29, 1.82) is 0 Å². The second kappa shape index (κ2) is 4.31. The Morgan fingerprint density at radius 3 is 2.19 bits per heavy atom. The third kappa shape index (κ3) is 3.12. The number of aliphatic carboxylic acids is 1. The summed E-state index contributed by atoms with van der Waals surface area (Å²) in [7, 11) is 1.70. The van der Waals surface area contributed by atoms with Gasteiger partial charge in [-0.15, -0.1) is 0 Å². The Morgan fingerprint density at radius 1 is 1.38 bits per heavy atom. The summed E-state index contributed by atoms with van der Waals surface area (Å²) in [6.45, 7) is 5.38. The second-order valence-electron chi connectivity index (χ2n) is 5.43. The molecule has 1 rings (SSSR count). The molecular weight excluding hydrogens is 208 g/mol. The van der Waals surface area contributed by atoms with Gasteiger partial charge in [-0.3, -0.25) is 0 Å². The van der Waals surface area contributed by atoms with E-state index in [2.05, 4.69) is 5.32 Å². The molecule has 0 aromatic rings. The fraction of sp³-hybridized carbons (Fsp3) is 0.818. The van der Waals surface area contributed by atoms with Crippen LogP contribution in [0, 0.1) is 5.41 Å². The predicted molar refractivity (Wildman–Crippen MR) is 60.2 cm³/mol. The van der Waals surface area contributed by atoms with Crippen LogP contribution in [-0.2, 0) is 4.79 Å². The van der Waals surface area contributed by atoms with Crippen molar-refractivity contribution in [3.05, 3.63) is 0 Å². The van der Waals surface area contributed by atoms with Gasteiger partial charge < -0.3 is 15.3 Å². The summed E-state index contributed by atoms with van der Waals surface area (Å²) in [6.07, 6.45) is 2.02. The van der Waals surface area contributed by atoms with Crippen LogP contribution in [0.2, 0.25) is 0 Å². The Bertz CT molecular complexity index is 292. The van der Waals surface area contributed by atoms with Gasteiger partial charge in [-0.25, -0.2) is 9.59 Å². The zero-order valence-electron chi connectivity index (χ0n) is 10.3. The van der Waals surface area contributed by atoms with Gasteiger partial charge in [0.2, 0.25) is 0 Å². The van der Waals surface area contributed by atoms with Crippen LogP contribution < -0.4 is 5.32 Å². The molecule has 0 bridgehead atoms. The molecule has 5 nitrogen and oxygen atoms in total. The van der Waals surface area contributed by atoms with Crippen molar-refractivity contribution in [1.82, 2.24) is 10.2 Å². The molecule has 1 aliphatic rings. The number of amides is 2. The van der Waals surface area contributed by atoms with Crippen LogP contribution in [0.4, 0.5) is 4.79 Å².